The molecule has 0 radical (unpaired) electrons. The summed E-state index contributed by atoms with van der Waals surface area (Å²) in [4.78, 5) is 28.3. The van der Waals surface area contributed by atoms with E-state index in [2.05, 4.69) is 5.32 Å². The molecular weight excluding hydrogens is 521 g/mol. The van der Waals surface area contributed by atoms with E-state index in [1.54, 1.807) is 37.3 Å². The van der Waals surface area contributed by atoms with E-state index in [1.807, 2.05) is 32.9 Å². The van der Waals surface area contributed by atoms with E-state index in [4.69, 9.17) is 23.2 Å². The molecule has 0 bridgehead atoms. The maximum Gasteiger partial charge on any atom is 0.244 e. The van der Waals surface area contributed by atoms with Crippen molar-refractivity contribution in [2.75, 3.05) is 23.7 Å². The van der Waals surface area contributed by atoms with Crippen molar-refractivity contribution < 1.29 is 18.0 Å². The molecule has 0 saturated carbocycles. The van der Waals surface area contributed by atoms with Gasteiger partial charge >= 0.3 is 0 Å². The van der Waals surface area contributed by atoms with Crippen molar-refractivity contribution in [2.45, 2.75) is 53.1 Å². The number of para-hydroxylation sites is 1. The number of aryl methyl sites for hydroxylation is 1. The third-order valence-corrected chi connectivity index (χ3v) is 7.62. The van der Waals surface area contributed by atoms with Crippen LogP contribution in [0.25, 0.3) is 0 Å². The topological polar surface area (TPSA) is 86.8 Å². The van der Waals surface area contributed by atoms with Gasteiger partial charge in [-0.25, -0.2) is 8.42 Å². The molecule has 2 amide bonds. The van der Waals surface area contributed by atoms with Crippen molar-refractivity contribution in [1.29, 1.82) is 0 Å². The molecule has 36 heavy (non-hydrogen) atoms. The third kappa shape index (κ3) is 7.85. The highest BCUT2D eigenvalue weighted by Crippen LogP contribution is 2.28. The highest BCUT2D eigenvalue weighted by atomic mass is 35.5. The summed E-state index contributed by atoms with van der Waals surface area (Å²) >= 11 is 12.8. The molecule has 2 aromatic rings. The molecule has 0 aliphatic heterocycles. The molecule has 2 rings (SSSR count). The number of amides is 2. The van der Waals surface area contributed by atoms with Gasteiger partial charge in [0.05, 0.1) is 11.9 Å². The normalized spacial score (nSPS) is 12.3. The Morgan fingerprint density at radius 3 is 2.14 bits per heavy atom. The molecule has 7 nitrogen and oxygen atoms in total. The first-order chi connectivity index (χ1) is 16.9. The Hall–Kier alpha value is -2.29. The van der Waals surface area contributed by atoms with E-state index in [-0.39, 0.29) is 18.4 Å². The number of hydrogen-bond donors (Lipinski definition) is 1. The molecule has 0 heterocycles. The lowest BCUT2D eigenvalue weighted by Crippen LogP contribution is -2.52. The maximum atomic E-state index is 13.8. The lowest BCUT2D eigenvalue weighted by Gasteiger charge is -2.33. The van der Waals surface area contributed by atoms with Crippen LogP contribution in [0.5, 0.6) is 0 Å². The van der Waals surface area contributed by atoms with Gasteiger partial charge in [-0.3, -0.25) is 13.9 Å². The zero-order chi connectivity index (χ0) is 27.0. The monoisotopic (exact) mass is 555 g/mol. The zero-order valence-electron chi connectivity index (χ0n) is 21.4. The predicted molar refractivity (Wildman–Crippen MR) is 147 cm³/mol. The third-order valence-electron chi connectivity index (χ3n) is 5.78. The summed E-state index contributed by atoms with van der Waals surface area (Å²) in [5.74, 6) is -0.628. The predicted octanol–water partition coefficient (Wildman–Crippen LogP) is 4.90. The van der Waals surface area contributed by atoms with E-state index in [0.717, 1.165) is 16.1 Å². The summed E-state index contributed by atoms with van der Waals surface area (Å²) in [6.45, 7) is 7.60. The Bertz CT molecular complexity index is 1150. The van der Waals surface area contributed by atoms with Crippen LogP contribution in [0.2, 0.25) is 10.0 Å². The lowest BCUT2D eigenvalue weighted by atomic mass is 10.1. The van der Waals surface area contributed by atoms with Gasteiger partial charge < -0.3 is 10.2 Å². The molecule has 0 saturated heterocycles. The first-order valence-electron chi connectivity index (χ1n) is 12.0. The van der Waals surface area contributed by atoms with Crippen LogP contribution in [-0.2, 0) is 32.6 Å². The number of benzene rings is 2. The quantitative estimate of drug-likeness (QED) is 0.403. The molecule has 10 heteroatoms. The molecular formula is C26H35Cl2N3O4S. The van der Waals surface area contributed by atoms with Crippen LogP contribution >= 0.6 is 23.2 Å². The number of anilines is 1. The highest BCUT2D eigenvalue weighted by Gasteiger charge is 2.33. The number of halogens is 2. The molecule has 2 aromatic carbocycles. The minimum absolute atomic E-state index is 0.0437. The maximum absolute atomic E-state index is 13.8. The summed E-state index contributed by atoms with van der Waals surface area (Å²) in [6, 6.07) is 11.2. The number of carbonyl (C=O) groups is 2. The molecule has 0 fully saturated rings. The van der Waals surface area contributed by atoms with Gasteiger partial charge in [0, 0.05) is 28.7 Å². The summed E-state index contributed by atoms with van der Waals surface area (Å²) in [6.07, 6.45) is 1.97. The van der Waals surface area contributed by atoms with Crippen LogP contribution < -0.4 is 9.62 Å². The highest BCUT2D eigenvalue weighted by molar-refractivity contribution is 7.92. The first kappa shape index (κ1) is 29.9. The summed E-state index contributed by atoms with van der Waals surface area (Å²) in [7, 11) is -3.81. The van der Waals surface area contributed by atoms with Crippen molar-refractivity contribution >= 4 is 50.7 Å². The molecule has 0 aliphatic carbocycles. The van der Waals surface area contributed by atoms with Crippen molar-refractivity contribution in [3.63, 3.8) is 0 Å². The number of rotatable bonds is 12. The molecule has 0 aliphatic rings. The van der Waals surface area contributed by atoms with Gasteiger partial charge in [0.2, 0.25) is 21.8 Å². The van der Waals surface area contributed by atoms with Crippen LogP contribution in [0, 0.1) is 5.92 Å². The Kier molecular flexibility index (Phi) is 11.1. The van der Waals surface area contributed by atoms with Gasteiger partial charge in [-0.1, -0.05) is 75.2 Å². The second kappa shape index (κ2) is 13.3. The smallest absolute Gasteiger partial charge is 0.244 e. The van der Waals surface area contributed by atoms with Crippen molar-refractivity contribution in [1.82, 2.24) is 10.2 Å². The number of nitrogens with zero attached hydrogens (tertiary/aromatic N) is 2. The SMILES string of the molecule is CCc1ccccc1N(CC(=O)N(Cc1c(Cl)cccc1Cl)[C@@H](CC)C(=O)NCC(C)C)S(C)(=O)=O. The minimum atomic E-state index is -3.81. The minimum Gasteiger partial charge on any atom is -0.354 e. The van der Waals surface area contributed by atoms with Crippen molar-refractivity contribution in [3.05, 3.63) is 63.6 Å². The summed E-state index contributed by atoms with van der Waals surface area (Å²) in [5.41, 5.74) is 1.71. The van der Waals surface area contributed by atoms with E-state index < -0.39 is 28.5 Å². The fraction of sp³-hybridized carbons (Fsp3) is 0.462. The first-order valence-corrected chi connectivity index (χ1v) is 14.6. The molecule has 0 aromatic heterocycles. The Balaban J connectivity index is 2.52. The molecule has 0 unspecified atom stereocenters. The number of carbonyl (C=O) groups excluding carboxylic acids is 2. The van der Waals surface area contributed by atoms with E-state index in [9.17, 15) is 18.0 Å². The van der Waals surface area contributed by atoms with Crippen LogP contribution in [0.4, 0.5) is 5.69 Å². The second-order valence-corrected chi connectivity index (χ2v) is 11.8. The van der Waals surface area contributed by atoms with Crippen LogP contribution in [0.3, 0.4) is 0 Å². The van der Waals surface area contributed by atoms with Gasteiger partial charge in [0.1, 0.15) is 12.6 Å². The average molecular weight is 557 g/mol. The summed E-state index contributed by atoms with van der Waals surface area (Å²) in [5, 5.41) is 3.60. The number of nitrogens with one attached hydrogen (secondary N) is 1. The lowest BCUT2D eigenvalue weighted by molar-refractivity contribution is -0.140. The van der Waals surface area contributed by atoms with Crippen molar-refractivity contribution in [3.8, 4) is 0 Å². The van der Waals surface area contributed by atoms with E-state index in [0.29, 0.717) is 40.7 Å². The van der Waals surface area contributed by atoms with E-state index in [1.165, 1.54) is 4.90 Å². The Morgan fingerprint density at radius 2 is 1.61 bits per heavy atom. The standard InChI is InChI=1S/C26H35Cl2N3O4S/c1-6-19-11-8-9-14-24(19)31(36(5,34)35)17-25(32)30(16-20-21(27)12-10-13-22(20)28)23(7-2)26(33)29-15-18(3)4/h8-14,18,23H,6-7,15-17H2,1-5H3,(H,29,33)/t23-/m0/s1. The zero-order valence-corrected chi connectivity index (χ0v) is 23.8. The molecule has 1 N–H and O–H groups in total. The van der Waals surface area contributed by atoms with Crippen LogP contribution in [0.1, 0.15) is 45.2 Å². The largest absolute Gasteiger partial charge is 0.354 e. The number of sulfonamides is 1. The van der Waals surface area contributed by atoms with Crippen LogP contribution in [-0.4, -0.2) is 50.5 Å². The fourth-order valence-electron chi connectivity index (χ4n) is 3.84. The van der Waals surface area contributed by atoms with Gasteiger partial charge in [-0.2, -0.15) is 0 Å². The van der Waals surface area contributed by atoms with Gasteiger partial charge in [-0.15, -0.1) is 0 Å². The van der Waals surface area contributed by atoms with Crippen LogP contribution in [0.15, 0.2) is 42.5 Å². The second-order valence-electron chi connectivity index (χ2n) is 9.04. The Labute approximate surface area is 224 Å². The Morgan fingerprint density at radius 1 is 1.00 bits per heavy atom. The van der Waals surface area contributed by atoms with E-state index >= 15 is 0 Å². The molecule has 0 spiro atoms. The molecule has 1 atom stereocenters. The summed E-state index contributed by atoms with van der Waals surface area (Å²) < 4.78 is 26.7. The molecule has 198 valence electrons. The van der Waals surface area contributed by atoms with Crippen molar-refractivity contribution in [2.24, 2.45) is 5.92 Å². The van der Waals surface area contributed by atoms with Gasteiger partial charge in [0.15, 0.2) is 0 Å². The fourth-order valence-corrected chi connectivity index (χ4v) is 5.24. The van der Waals surface area contributed by atoms with Gasteiger partial charge in [-0.05, 0) is 42.5 Å². The average Bonchev–Trinajstić information content (AvgIpc) is 2.81. The van der Waals surface area contributed by atoms with Gasteiger partial charge in [0.25, 0.3) is 0 Å². The number of hydrogen-bond acceptors (Lipinski definition) is 4.